The summed E-state index contributed by atoms with van der Waals surface area (Å²) in [7, 11) is 0. The van der Waals surface area contributed by atoms with E-state index in [9.17, 15) is 22.8 Å². The third kappa shape index (κ3) is 5.06. The van der Waals surface area contributed by atoms with Gasteiger partial charge in [-0.3, -0.25) is 9.48 Å². The molecule has 0 spiro atoms. The van der Waals surface area contributed by atoms with Crippen molar-refractivity contribution in [2.45, 2.75) is 37.9 Å². The number of benzene rings is 1. The number of fused-ring (bicyclic) bond motifs is 1. The van der Waals surface area contributed by atoms with Crippen molar-refractivity contribution in [1.82, 2.24) is 14.8 Å². The van der Waals surface area contributed by atoms with Crippen LogP contribution in [-0.2, 0) is 15.7 Å². The summed E-state index contributed by atoms with van der Waals surface area (Å²) in [6.07, 6.45) is 1.68. The predicted octanol–water partition coefficient (Wildman–Crippen LogP) is 4.47. The Labute approximate surface area is 205 Å². The fourth-order valence-electron chi connectivity index (χ4n) is 4.84. The summed E-state index contributed by atoms with van der Waals surface area (Å²) in [6.45, 7) is 2.25. The van der Waals surface area contributed by atoms with E-state index in [-0.39, 0.29) is 17.7 Å². The highest BCUT2D eigenvalue weighted by Crippen LogP contribution is 2.35. The Kier molecular flexibility index (Phi) is 6.65. The van der Waals surface area contributed by atoms with Crippen LogP contribution in [0.2, 0.25) is 0 Å². The Bertz CT molecular complexity index is 1260. The second kappa shape index (κ2) is 9.88. The van der Waals surface area contributed by atoms with Crippen LogP contribution in [0.25, 0.3) is 10.9 Å². The Morgan fingerprint density at radius 3 is 2.56 bits per heavy atom. The first-order valence-corrected chi connectivity index (χ1v) is 12.0. The van der Waals surface area contributed by atoms with Crippen LogP contribution in [0, 0.1) is 5.92 Å². The van der Waals surface area contributed by atoms with Gasteiger partial charge in [0.25, 0.3) is 5.91 Å². The van der Waals surface area contributed by atoms with Crippen molar-refractivity contribution in [2.75, 3.05) is 36.5 Å². The maximum Gasteiger partial charge on any atom is 0.433 e. The molecule has 0 unspecified atom stereocenters. The van der Waals surface area contributed by atoms with Crippen molar-refractivity contribution in [3.8, 4) is 0 Å². The van der Waals surface area contributed by atoms with E-state index < -0.39 is 17.8 Å². The minimum absolute atomic E-state index is 0.102. The molecule has 11 heteroatoms. The van der Waals surface area contributed by atoms with E-state index in [1.807, 2.05) is 16.9 Å². The van der Waals surface area contributed by atoms with Gasteiger partial charge in [0, 0.05) is 30.6 Å². The Hall–Kier alpha value is -3.47. The number of carbonyl (C=O) groups excluding carboxylic acids is 2. The highest BCUT2D eigenvalue weighted by molar-refractivity contribution is 6.06. The number of alkyl halides is 3. The van der Waals surface area contributed by atoms with Gasteiger partial charge in [0.1, 0.15) is 17.7 Å². The van der Waals surface area contributed by atoms with E-state index in [1.165, 1.54) is 12.1 Å². The highest BCUT2D eigenvalue weighted by Gasteiger charge is 2.33. The third-order valence-corrected chi connectivity index (χ3v) is 6.82. The first-order valence-electron chi connectivity index (χ1n) is 12.0. The summed E-state index contributed by atoms with van der Waals surface area (Å²) in [6, 6.07) is 7.13. The summed E-state index contributed by atoms with van der Waals surface area (Å²) in [4.78, 5) is 29.6. The lowest BCUT2D eigenvalue weighted by Crippen LogP contribution is -2.36. The molecule has 190 valence electrons. The fourth-order valence-corrected chi connectivity index (χ4v) is 4.84. The minimum Gasteiger partial charge on any atom is -0.378 e. The highest BCUT2D eigenvalue weighted by atomic mass is 19.4. The minimum atomic E-state index is -4.65. The summed E-state index contributed by atoms with van der Waals surface area (Å²) in [5.41, 5.74) is 0.508. The van der Waals surface area contributed by atoms with Crippen molar-refractivity contribution in [2.24, 2.45) is 5.92 Å². The van der Waals surface area contributed by atoms with Gasteiger partial charge in [-0.1, -0.05) is 6.07 Å². The number of carbonyl (C=O) groups is 2. The molecule has 5 rings (SSSR count). The molecule has 0 bridgehead atoms. The van der Waals surface area contributed by atoms with E-state index in [0.29, 0.717) is 32.0 Å². The Morgan fingerprint density at radius 2 is 1.86 bits per heavy atom. The topological polar surface area (TPSA) is 89.4 Å². The van der Waals surface area contributed by atoms with Crippen LogP contribution in [0.5, 0.6) is 0 Å². The molecule has 1 saturated heterocycles. The summed E-state index contributed by atoms with van der Waals surface area (Å²) in [5.74, 6) is -0.625. The molecule has 0 atom stereocenters. The van der Waals surface area contributed by atoms with Crippen molar-refractivity contribution in [3.05, 3.63) is 47.9 Å². The smallest absolute Gasteiger partial charge is 0.378 e. The molecule has 8 nitrogen and oxygen atoms in total. The molecule has 3 aromatic rings. The number of amides is 1. The normalized spacial score (nSPS) is 20.9. The Balaban J connectivity index is 1.47. The van der Waals surface area contributed by atoms with Crippen LogP contribution < -0.4 is 10.2 Å². The zero-order chi connectivity index (χ0) is 25.3. The molecule has 36 heavy (non-hydrogen) atoms. The number of nitrogens with zero attached hydrogens (tertiary/aromatic N) is 4. The van der Waals surface area contributed by atoms with Gasteiger partial charge < -0.3 is 19.7 Å². The van der Waals surface area contributed by atoms with Gasteiger partial charge in [-0.15, -0.1) is 0 Å². The summed E-state index contributed by atoms with van der Waals surface area (Å²) >= 11 is 0. The maximum absolute atomic E-state index is 13.1. The molecule has 1 N–H and O–H groups in total. The number of hydrogen-bond donors (Lipinski definition) is 1. The van der Waals surface area contributed by atoms with Gasteiger partial charge in [0.2, 0.25) is 0 Å². The average Bonchev–Trinajstić information content (AvgIpc) is 3.31. The molecule has 1 aliphatic carbocycles. The van der Waals surface area contributed by atoms with Gasteiger partial charge in [0.15, 0.2) is 0 Å². The molecule has 2 aliphatic rings. The van der Waals surface area contributed by atoms with Gasteiger partial charge >= 0.3 is 6.18 Å². The second-order valence-corrected chi connectivity index (χ2v) is 9.20. The van der Waals surface area contributed by atoms with Crippen LogP contribution in [0.3, 0.4) is 0 Å². The zero-order valence-electron chi connectivity index (χ0n) is 19.5. The van der Waals surface area contributed by atoms with Crippen molar-refractivity contribution >= 4 is 34.5 Å². The number of nitrogens with one attached hydrogen (secondary N) is 1. The molecule has 3 heterocycles. The van der Waals surface area contributed by atoms with Crippen molar-refractivity contribution in [3.63, 3.8) is 0 Å². The van der Waals surface area contributed by atoms with Gasteiger partial charge in [-0.25, -0.2) is 4.98 Å². The molecule has 1 aliphatic heterocycles. The van der Waals surface area contributed by atoms with Crippen molar-refractivity contribution in [1.29, 1.82) is 0 Å². The number of halogens is 3. The Morgan fingerprint density at radius 1 is 1.11 bits per heavy atom. The number of aldehydes is 1. The van der Waals surface area contributed by atoms with Crippen LogP contribution in [-0.4, -0.2) is 53.3 Å². The third-order valence-electron chi connectivity index (χ3n) is 6.82. The van der Waals surface area contributed by atoms with E-state index in [1.54, 1.807) is 6.07 Å². The largest absolute Gasteiger partial charge is 0.433 e. The summed E-state index contributed by atoms with van der Waals surface area (Å²) < 4.78 is 46.7. The van der Waals surface area contributed by atoms with Crippen LogP contribution >= 0.6 is 0 Å². The molecule has 2 fully saturated rings. The second-order valence-electron chi connectivity index (χ2n) is 9.20. The molecular formula is C25H26F3N5O3. The van der Waals surface area contributed by atoms with Gasteiger partial charge in [-0.05, 0) is 49.9 Å². The standard InChI is InChI=1S/C25H26F3N5O3/c26-25(27,28)23-3-1-2-19(29-23)24(35)30-21-12-17-14-33(18-6-4-16(15-34)5-7-18)31-20(17)13-22(21)32-8-10-36-11-9-32/h1-3,12-16,18H,4-11H2,(H,30,35)/t16-,18-. The first kappa shape index (κ1) is 24.2. The number of rotatable bonds is 5. The number of pyridine rings is 1. The lowest BCUT2D eigenvalue weighted by atomic mass is 9.87. The van der Waals surface area contributed by atoms with E-state index in [4.69, 9.17) is 9.84 Å². The molecular weight excluding hydrogens is 475 g/mol. The molecule has 0 radical (unpaired) electrons. The zero-order valence-corrected chi connectivity index (χ0v) is 19.5. The van der Waals surface area contributed by atoms with Crippen molar-refractivity contribution < 1.29 is 27.5 Å². The van der Waals surface area contributed by atoms with Gasteiger partial charge in [-0.2, -0.15) is 18.3 Å². The molecule has 1 amide bonds. The molecule has 1 aromatic carbocycles. The monoisotopic (exact) mass is 501 g/mol. The number of anilines is 2. The average molecular weight is 502 g/mol. The summed E-state index contributed by atoms with van der Waals surface area (Å²) in [5, 5.41) is 8.35. The lowest BCUT2D eigenvalue weighted by molar-refractivity contribution is -0.141. The molecule has 1 saturated carbocycles. The lowest BCUT2D eigenvalue weighted by Gasteiger charge is -2.30. The van der Waals surface area contributed by atoms with E-state index in [2.05, 4.69) is 15.2 Å². The first-order chi connectivity index (χ1) is 17.3. The number of morpholine rings is 1. The van der Waals surface area contributed by atoms with E-state index in [0.717, 1.165) is 54.6 Å². The number of hydrogen-bond acceptors (Lipinski definition) is 6. The van der Waals surface area contributed by atoms with E-state index >= 15 is 0 Å². The fraction of sp³-hybridized carbons (Fsp3) is 0.440. The predicted molar refractivity (Wildman–Crippen MR) is 127 cm³/mol. The maximum atomic E-state index is 13.1. The SMILES string of the molecule is O=C[C@H]1CC[C@H](n2cc3cc(NC(=O)c4cccc(C(F)(F)F)n4)c(N4CCOCC4)cc3n2)CC1. The van der Waals surface area contributed by atoms with Crippen LogP contribution in [0.1, 0.15) is 47.9 Å². The van der Waals surface area contributed by atoms with Crippen LogP contribution in [0.15, 0.2) is 36.5 Å². The molecule has 2 aromatic heterocycles. The number of aromatic nitrogens is 3. The number of ether oxygens (including phenoxy) is 1. The quantitative estimate of drug-likeness (QED) is 0.519. The van der Waals surface area contributed by atoms with Gasteiger partial charge in [0.05, 0.1) is 36.1 Å². The van der Waals surface area contributed by atoms with Crippen LogP contribution in [0.4, 0.5) is 24.5 Å².